The fraction of sp³-hybridized carbons (Fsp3) is 0.200. The predicted molar refractivity (Wildman–Crippen MR) is 104 cm³/mol. The maximum Gasteiger partial charge on any atom is 0.228 e. The molecule has 5 heteroatoms. The van der Waals surface area contributed by atoms with Crippen molar-refractivity contribution < 1.29 is 4.79 Å². The Balaban J connectivity index is 1.67. The second-order valence-corrected chi connectivity index (χ2v) is 7.21. The van der Waals surface area contributed by atoms with Crippen molar-refractivity contribution in [2.75, 3.05) is 7.05 Å². The van der Waals surface area contributed by atoms with Gasteiger partial charge in [0.15, 0.2) is 0 Å². The number of aromatic nitrogens is 1. The molecule has 3 aromatic rings. The Kier molecular flexibility index (Phi) is 5.51. The van der Waals surface area contributed by atoms with E-state index >= 15 is 0 Å². The van der Waals surface area contributed by atoms with E-state index in [9.17, 15) is 4.79 Å². The second-order valence-electron chi connectivity index (χ2n) is 5.92. The van der Waals surface area contributed by atoms with Gasteiger partial charge in [-0.15, -0.1) is 11.3 Å². The zero-order chi connectivity index (χ0) is 17.8. The monoisotopic (exact) mass is 370 g/mol. The number of halogens is 1. The van der Waals surface area contributed by atoms with Gasteiger partial charge in [0.25, 0.3) is 0 Å². The van der Waals surface area contributed by atoms with Crippen molar-refractivity contribution in [2.45, 2.75) is 19.4 Å². The first-order valence-electron chi connectivity index (χ1n) is 8.05. The van der Waals surface area contributed by atoms with Gasteiger partial charge in [-0.1, -0.05) is 54.1 Å². The Morgan fingerprint density at radius 1 is 1.16 bits per heavy atom. The smallest absolute Gasteiger partial charge is 0.228 e. The molecule has 0 bridgehead atoms. The standard InChI is InChI=1S/C20H19ClN2OS/c1-14(15-8-10-17(21)11-9-15)23(2)19(24)12-18-13-25-20(22-18)16-6-4-3-5-7-16/h3-11,13-14H,12H2,1-2H3. The number of likely N-dealkylation sites (N-methyl/N-ethyl adjacent to an activating group) is 1. The number of carbonyl (C=O) groups is 1. The fourth-order valence-electron chi connectivity index (χ4n) is 2.56. The second kappa shape index (κ2) is 7.81. The minimum atomic E-state index is -0.0167. The molecular formula is C20H19ClN2OS. The van der Waals surface area contributed by atoms with Crippen LogP contribution in [0.15, 0.2) is 60.0 Å². The average molecular weight is 371 g/mol. The molecule has 3 rings (SSSR count). The molecule has 1 aromatic heterocycles. The quantitative estimate of drug-likeness (QED) is 0.616. The molecule has 0 saturated carbocycles. The van der Waals surface area contributed by atoms with E-state index in [1.165, 1.54) is 0 Å². The van der Waals surface area contributed by atoms with Gasteiger partial charge in [0.2, 0.25) is 5.91 Å². The highest BCUT2D eigenvalue weighted by molar-refractivity contribution is 7.13. The Bertz CT molecular complexity index is 846. The topological polar surface area (TPSA) is 33.2 Å². The molecular weight excluding hydrogens is 352 g/mol. The van der Waals surface area contributed by atoms with Crippen LogP contribution in [0.1, 0.15) is 24.2 Å². The molecule has 0 aliphatic heterocycles. The summed E-state index contributed by atoms with van der Waals surface area (Å²) in [5.41, 5.74) is 2.95. The third-order valence-corrected chi connectivity index (χ3v) is 5.42. The predicted octanol–water partition coefficient (Wildman–Crippen LogP) is 5.23. The van der Waals surface area contributed by atoms with Crippen molar-refractivity contribution in [3.8, 4) is 10.6 Å². The molecule has 25 heavy (non-hydrogen) atoms. The zero-order valence-electron chi connectivity index (χ0n) is 14.1. The van der Waals surface area contributed by atoms with Gasteiger partial charge in [-0.25, -0.2) is 4.98 Å². The van der Waals surface area contributed by atoms with E-state index in [0.29, 0.717) is 11.4 Å². The summed E-state index contributed by atoms with van der Waals surface area (Å²) >= 11 is 7.50. The maximum atomic E-state index is 12.6. The van der Waals surface area contributed by atoms with Gasteiger partial charge < -0.3 is 4.90 Å². The van der Waals surface area contributed by atoms with Gasteiger partial charge in [-0.3, -0.25) is 4.79 Å². The van der Waals surface area contributed by atoms with Crippen molar-refractivity contribution in [2.24, 2.45) is 0 Å². The highest BCUT2D eigenvalue weighted by Crippen LogP contribution is 2.25. The van der Waals surface area contributed by atoms with Crippen LogP contribution in [0.3, 0.4) is 0 Å². The molecule has 1 unspecified atom stereocenters. The van der Waals surface area contributed by atoms with Gasteiger partial charge >= 0.3 is 0 Å². The summed E-state index contributed by atoms with van der Waals surface area (Å²) in [7, 11) is 1.83. The third kappa shape index (κ3) is 4.27. The van der Waals surface area contributed by atoms with Crippen molar-refractivity contribution in [1.29, 1.82) is 0 Å². The Labute approximate surface area is 156 Å². The Morgan fingerprint density at radius 3 is 2.52 bits per heavy atom. The lowest BCUT2D eigenvalue weighted by atomic mass is 10.1. The number of nitrogens with zero attached hydrogens (tertiary/aromatic N) is 2. The lowest BCUT2D eigenvalue weighted by molar-refractivity contribution is -0.131. The van der Waals surface area contributed by atoms with Crippen LogP contribution in [0.2, 0.25) is 5.02 Å². The average Bonchev–Trinajstić information content (AvgIpc) is 3.10. The molecule has 0 fully saturated rings. The molecule has 0 saturated heterocycles. The van der Waals surface area contributed by atoms with E-state index in [-0.39, 0.29) is 11.9 Å². The van der Waals surface area contributed by atoms with E-state index in [1.807, 2.05) is 73.9 Å². The van der Waals surface area contributed by atoms with Crippen LogP contribution in [0.25, 0.3) is 10.6 Å². The summed E-state index contributed by atoms with van der Waals surface area (Å²) in [6.07, 6.45) is 0.303. The third-order valence-electron chi connectivity index (χ3n) is 4.23. The number of amides is 1. The number of thiazole rings is 1. The molecule has 0 N–H and O–H groups in total. The number of hydrogen-bond donors (Lipinski definition) is 0. The van der Waals surface area contributed by atoms with Crippen LogP contribution in [0.5, 0.6) is 0 Å². The molecule has 0 aliphatic rings. The van der Waals surface area contributed by atoms with E-state index in [0.717, 1.165) is 21.8 Å². The normalized spacial score (nSPS) is 12.0. The fourth-order valence-corrected chi connectivity index (χ4v) is 3.51. The summed E-state index contributed by atoms with van der Waals surface area (Å²) in [6.45, 7) is 2.01. The first kappa shape index (κ1) is 17.6. The SMILES string of the molecule is CC(c1ccc(Cl)cc1)N(C)C(=O)Cc1csc(-c2ccccc2)n1. The lowest BCUT2D eigenvalue weighted by Crippen LogP contribution is -2.31. The summed E-state index contributed by atoms with van der Waals surface area (Å²) < 4.78 is 0. The largest absolute Gasteiger partial charge is 0.339 e. The van der Waals surface area contributed by atoms with E-state index in [1.54, 1.807) is 16.2 Å². The van der Waals surface area contributed by atoms with E-state index in [2.05, 4.69) is 4.98 Å². The van der Waals surface area contributed by atoms with Gasteiger partial charge in [0, 0.05) is 23.0 Å². The van der Waals surface area contributed by atoms with Crippen LogP contribution >= 0.6 is 22.9 Å². The Hall–Kier alpha value is -2.17. The first-order chi connectivity index (χ1) is 12.0. The molecule has 1 amide bonds. The summed E-state index contributed by atoms with van der Waals surface area (Å²) in [4.78, 5) is 19.0. The van der Waals surface area contributed by atoms with Crippen molar-refractivity contribution in [3.05, 3.63) is 76.3 Å². The van der Waals surface area contributed by atoms with Crippen molar-refractivity contribution in [3.63, 3.8) is 0 Å². The molecule has 0 spiro atoms. The van der Waals surface area contributed by atoms with Crippen LogP contribution in [0, 0.1) is 0 Å². The first-order valence-corrected chi connectivity index (χ1v) is 9.31. The summed E-state index contributed by atoms with van der Waals surface area (Å²) in [5, 5.41) is 3.60. The van der Waals surface area contributed by atoms with Crippen molar-refractivity contribution >= 4 is 28.8 Å². The van der Waals surface area contributed by atoms with E-state index in [4.69, 9.17) is 11.6 Å². The number of hydrogen-bond acceptors (Lipinski definition) is 3. The van der Waals surface area contributed by atoms with Crippen molar-refractivity contribution in [1.82, 2.24) is 9.88 Å². The summed E-state index contributed by atoms with van der Waals surface area (Å²) in [6, 6.07) is 17.6. The van der Waals surface area contributed by atoms with Gasteiger partial charge in [-0.05, 0) is 24.6 Å². The molecule has 128 valence electrons. The number of benzene rings is 2. The minimum absolute atomic E-state index is 0.0167. The van der Waals surface area contributed by atoms with Crippen LogP contribution in [0.4, 0.5) is 0 Å². The van der Waals surface area contributed by atoms with E-state index < -0.39 is 0 Å². The van der Waals surface area contributed by atoms with Gasteiger partial charge in [-0.2, -0.15) is 0 Å². The molecule has 3 nitrogen and oxygen atoms in total. The summed E-state index contributed by atoms with van der Waals surface area (Å²) in [5.74, 6) is 0.0485. The van der Waals surface area contributed by atoms with Gasteiger partial charge in [0.05, 0.1) is 18.2 Å². The van der Waals surface area contributed by atoms with Gasteiger partial charge in [0.1, 0.15) is 5.01 Å². The van der Waals surface area contributed by atoms with Crippen LogP contribution in [-0.4, -0.2) is 22.8 Å². The zero-order valence-corrected chi connectivity index (χ0v) is 15.7. The highest BCUT2D eigenvalue weighted by Gasteiger charge is 2.19. The Morgan fingerprint density at radius 2 is 1.84 bits per heavy atom. The maximum absolute atomic E-state index is 12.6. The highest BCUT2D eigenvalue weighted by atomic mass is 35.5. The molecule has 2 aromatic carbocycles. The molecule has 0 radical (unpaired) electrons. The lowest BCUT2D eigenvalue weighted by Gasteiger charge is -2.25. The van der Waals surface area contributed by atoms with Crippen LogP contribution in [-0.2, 0) is 11.2 Å². The number of rotatable bonds is 5. The minimum Gasteiger partial charge on any atom is -0.339 e. The van der Waals surface area contributed by atoms with Crippen LogP contribution < -0.4 is 0 Å². The molecule has 0 aliphatic carbocycles. The molecule has 1 heterocycles. The number of carbonyl (C=O) groups excluding carboxylic acids is 1. The molecule has 1 atom stereocenters.